The quantitative estimate of drug-likeness (QED) is 0.812. The van der Waals surface area contributed by atoms with Crippen LogP contribution in [0.15, 0.2) is 12.1 Å². The third-order valence-corrected chi connectivity index (χ3v) is 4.09. The summed E-state index contributed by atoms with van der Waals surface area (Å²) >= 11 is 1.22. The maximum absolute atomic E-state index is 11.8. The maximum atomic E-state index is 11.8. The van der Waals surface area contributed by atoms with Crippen LogP contribution in [0.5, 0.6) is 0 Å². The molecule has 2 rings (SSSR count). The van der Waals surface area contributed by atoms with Gasteiger partial charge in [-0.1, -0.05) is 0 Å². The van der Waals surface area contributed by atoms with Gasteiger partial charge in [0.05, 0.1) is 9.75 Å². The molecule has 1 aromatic rings. The Kier molecular flexibility index (Phi) is 5.31. The lowest BCUT2D eigenvalue weighted by atomic mass is 10.2. The summed E-state index contributed by atoms with van der Waals surface area (Å²) in [6.45, 7) is 2.01. The summed E-state index contributed by atoms with van der Waals surface area (Å²) in [4.78, 5) is 24.0. The molecule has 3 N–H and O–H groups in total. The molecule has 1 amide bonds. The number of nitrogens with one attached hydrogen (secondary N) is 1. The molecule has 1 aliphatic rings. The van der Waals surface area contributed by atoms with Crippen molar-refractivity contribution in [3.05, 3.63) is 21.9 Å². The Hall–Kier alpha value is -0.910. The summed E-state index contributed by atoms with van der Waals surface area (Å²) in [6.07, 6.45) is 2.34. The van der Waals surface area contributed by atoms with Crippen LogP contribution < -0.4 is 11.1 Å². The van der Waals surface area contributed by atoms with Crippen molar-refractivity contribution >= 4 is 35.4 Å². The Bertz CT molecular complexity index is 443. The summed E-state index contributed by atoms with van der Waals surface area (Å²) in [5.74, 6) is 0.425. The molecule has 1 saturated carbocycles. The van der Waals surface area contributed by atoms with Crippen molar-refractivity contribution in [3.63, 3.8) is 0 Å². The molecular formula is C12H17ClN2O2S. The van der Waals surface area contributed by atoms with Gasteiger partial charge >= 0.3 is 0 Å². The number of thiophene rings is 1. The second-order valence-corrected chi connectivity index (χ2v) is 5.52. The smallest absolute Gasteiger partial charge is 0.261 e. The topological polar surface area (TPSA) is 72.2 Å². The lowest BCUT2D eigenvalue weighted by Gasteiger charge is -2.10. The number of carbonyl (C=O) groups excluding carboxylic acids is 2. The Morgan fingerprint density at radius 1 is 1.44 bits per heavy atom. The summed E-state index contributed by atoms with van der Waals surface area (Å²) < 4.78 is 0. The molecule has 1 heterocycles. The number of amides is 1. The number of halogens is 1. The number of carbonyl (C=O) groups is 2. The van der Waals surface area contributed by atoms with E-state index in [2.05, 4.69) is 5.32 Å². The predicted octanol–water partition coefficient (Wildman–Crippen LogP) is 1.84. The van der Waals surface area contributed by atoms with Crippen LogP contribution in [0.25, 0.3) is 0 Å². The molecule has 1 aromatic heterocycles. The van der Waals surface area contributed by atoms with E-state index >= 15 is 0 Å². The van der Waals surface area contributed by atoms with Crippen LogP contribution >= 0.6 is 23.7 Å². The summed E-state index contributed by atoms with van der Waals surface area (Å²) in [5.41, 5.74) is 5.89. The normalized spacial score (nSPS) is 15.7. The van der Waals surface area contributed by atoms with Crippen molar-refractivity contribution in [3.8, 4) is 0 Å². The third-order valence-electron chi connectivity index (χ3n) is 2.90. The van der Waals surface area contributed by atoms with E-state index in [1.165, 1.54) is 31.1 Å². The maximum Gasteiger partial charge on any atom is 0.261 e. The Morgan fingerprint density at radius 2 is 2.06 bits per heavy atom. The highest BCUT2D eigenvalue weighted by atomic mass is 35.5. The van der Waals surface area contributed by atoms with Gasteiger partial charge in [-0.15, -0.1) is 23.7 Å². The van der Waals surface area contributed by atoms with E-state index in [1.807, 2.05) is 0 Å². The van der Waals surface area contributed by atoms with E-state index in [0.717, 1.165) is 0 Å². The molecule has 1 unspecified atom stereocenters. The van der Waals surface area contributed by atoms with Crippen LogP contribution in [-0.2, 0) is 0 Å². The first kappa shape index (κ1) is 15.1. The summed E-state index contributed by atoms with van der Waals surface area (Å²) in [7, 11) is 0. The van der Waals surface area contributed by atoms with E-state index in [-0.39, 0.29) is 30.1 Å². The average molecular weight is 289 g/mol. The number of rotatable bonds is 5. The first-order valence-corrected chi connectivity index (χ1v) is 6.54. The summed E-state index contributed by atoms with van der Waals surface area (Å²) in [6, 6.07) is 3.42. The molecule has 1 atom stereocenters. The van der Waals surface area contributed by atoms with Gasteiger partial charge in [0.1, 0.15) is 0 Å². The highest BCUT2D eigenvalue weighted by Crippen LogP contribution is 2.31. The van der Waals surface area contributed by atoms with Gasteiger partial charge in [-0.05, 0) is 37.8 Å². The fraction of sp³-hybridized carbons (Fsp3) is 0.500. The van der Waals surface area contributed by atoms with E-state index in [9.17, 15) is 9.59 Å². The Morgan fingerprint density at radius 3 is 2.56 bits per heavy atom. The van der Waals surface area contributed by atoms with Gasteiger partial charge < -0.3 is 11.1 Å². The third kappa shape index (κ3) is 3.80. The zero-order valence-corrected chi connectivity index (χ0v) is 11.8. The molecule has 0 saturated heterocycles. The lowest BCUT2D eigenvalue weighted by Crippen LogP contribution is -2.38. The summed E-state index contributed by atoms with van der Waals surface area (Å²) in [5, 5.41) is 2.81. The molecule has 0 aromatic carbocycles. The Balaban J connectivity index is 0.00000162. The molecule has 1 aliphatic carbocycles. The molecule has 18 heavy (non-hydrogen) atoms. The van der Waals surface area contributed by atoms with E-state index < -0.39 is 0 Å². The molecule has 4 nitrogen and oxygen atoms in total. The number of hydrogen-bond donors (Lipinski definition) is 2. The predicted molar refractivity (Wildman–Crippen MR) is 74.6 cm³/mol. The van der Waals surface area contributed by atoms with Gasteiger partial charge in [-0.3, -0.25) is 9.59 Å². The SMILES string of the molecule is CC(=O)c1ccc(C(=O)NCC(N)C2CC2)s1.Cl. The molecule has 6 heteroatoms. The van der Waals surface area contributed by atoms with E-state index in [4.69, 9.17) is 5.73 Å². The Labute approximate surface area is 116 Å². The van der Waals surface area contributed by atoms with Gasteiger partial charge in [0, 0.05) is 12.6 Å². The number of hydrogen-bond acceptors (Lipinski definition) is 4. The van der Waals surface area contributed by atoms with Gasteiger partial charge in [0.15, 0.2) is 5.78 Å². The van der Waals surface area contributed by atoms with Crippen LogP contribution in [0.4, 0.5) is 0 Å². The molecule has 1 fully saturated rings. The van der Waals surface area contributed by atoms with Crippen molar-refractivity contribution < 1.29 is 9.59 Å². The van der Waals surface area contributed by atoms with Crippen LogP contribution in [0, 0.1) is 5.92 Å². The van der Waals surface area contributed by atoms with Gasteiger partial charge in [0.25, 0.3) is 5.91 Å². The molecule has 0 spiro atoms. The van der Waals surface area contributed by atoms with Crippen molar-refractivity contribution in [1.29, 1.82) is 0 Å². The minimum Gasteiger partial charge on any atom is -0.350 e. The second-order valence-electron chi connectivity index (χ2n) is 4.43. The van der Waals surface area contributed by atoms with E-state index in [0.29, 0.717) is 22.2 Å². The highest BCUT2D eigenvalue weighted by Gasteiger charge is 2.28. The average Bonchev–Trinajstić information content (AvgIpc) is 3.02. The van der Waals surface area contributed by atoms with Crippen LogP contribution in [0.3, 0.4) is 0 Å². The van der Waals surface area contributed by atoms with Crippen molar-refractivity contribution in [2.75, 3.05) is 6.54 Å². The number of nitrogens with two attached hydrogens (primary N) is 1. The first-order chi connectivity index (χ1) is 8.08. The molecule has 0 radical (unpaired) electrons. The first-order valence-electron chi connectivity index (χ1n) is 5.72. The van der Waals surface area contributed by atoms with Crippen LogP contribution in [0.2, 0.25) is 0 Å². The second kappa shape index (κ2) is 6.31. The van der Waals surface area contributed by atoms with Gasteiger partial charge in [-0.25, -0.2) is 0 Å². The van der Waals surface area contributed by atoms with Crippen molar-refractivity contribution in [2.24, 2.45) is 11.7 Å². The molecule has 0 bridgehead atoms. The van der Waals surface area contributed by atoms with Crippen molar-refractivity contribution in [1.82, 2.24) is 5.32 Å². The molecule has 0 aliphatic heterocycles. The van der Waals surface area contributed by atoms with Gasteiger partial charge in [-0.2, -0.15) is 0 Å². The van der Waals surface area contributed by atoms with E-state index in [1.54, 1.807) is 12.1 Å². The standard InChI is InChI=1S/C12H16N2O2S.ClH/c1-7(15)10-4-5-11(17-10)12(16)14-6-9(13)8-2-3-8;/h4-5,8-9H,2-3,6,13H2,1H3,(H,14,16);1H. The fourth-order valence-electron chi connectivity index (χ4n) is 1.64. The number of Topliss-reactive ketones (excluding diaryl/α,β-unsaturated/α-hetero) is 1. The largest absolute Gasteiger partial charge is 0.350 e. The highest BCUT2D eigenvalue weighted by molar-refractivity contribution is 7.15. The molecular weight excluding hydrogens is 272 g/mol. The fourth-order valence-corrected chi connectivity index (χ4v) is 2.46. The monoisotopic (exact) mass is 288 g/mol. The van der Waals surface area contributed by atoms with Crippen LogP contribution in [-0.4, -0.2) is 24.3 Å². The lowest BCUT2D eigenvalue weighted by molar-refractivity contribution is 0.0953. The zero-order chi connectivity index (χ0) is 12.4. The minimum atomic E-state index is -0.140. The zero-order valence-electron chi connectivity index (χ0n) is 10.1. The van der Waals surface area contributed by atoms with Crippen molar-refractivity contribution in [2.45, 2.75) is 25.8 Å². The van der Waals surface area contributed by atoms with Crippen LogP contribution in [0.1, 0.15) is 39.1 Å². The minimum absolute atomic E-state index is 0. The molecule has 100 valence electrons. The van der Waals surface area contributed by atoms with Gasteiger partial charge in [0.2, 0.25) is 0 Å². The number of ketones is 1.